The van der Waals surface area contributed by atoms with Crippen molar-refractivity contribution >= 4 is 5.90 Å². The first kappa shape index (κ1) is 9.45. The summed E-state index contributed by atoms with van der Waals surface area (Å²) in [6.07, 6.45) is 1.70. The maximum Gasteiger partial charge on any atom is 0.240 e. The SMILES string of the molecule is C=C(C)OC(=NC)c1ccccn1. The second kappa shape index (κ2) is 4.40. The van der Waals surface area contributed by atoms with Gasteiger partial charge in [0.2, 0.25) is 5.90 Å². The van der Waals surface area contributed by atoms with Crippen molar-refractivity contribution < 1.29 is 4.74 Å². The zero-order chi connectivity index (χ0) is 9.68. The standard InChI is InChI=1S/C10H12N2O/c1-8(2)13-10(11-3)9-6-4-5-7-12-9/h4-7H,1H2,2-3H3. The molecule has 0 atom stereocenters. The largest absolute Gasteiger partial charge is 0.443 e. The molecule has 1 rings (SSSR count). The van der Waals surface area contributed by atoms with Gasteiger partial charge in [0.25, 0.3) is 0 Å². The van der Waals surface area contributed by atoms with Crippen molar-refractivity contribution in [2.24, 2.45) is 4.99 Å². The van der Waals surface area contributed by atoms with Crippen molar-refractivity contribution in [2.45, 2.75) is 6.92 Å². The van der Waals surface area contributed by atoms with Gasteiger partial charge in [-0.15, -0.1) is 0 Å². The van der Waals surface area contributed by atoms with E-state index in [1.54, 1.807) is 20.2 Å². The molecule has 0 aliphatic carbocycles. The summed E-state index contributed by atoms with van der Waals surface area (Å²) in [6.45, 7) is 5.41. The van der Waals surface area contributed by atoms with E-state index in [1.165, 1.54) is 0 Å². The summed E-state index contributed by atoms with van der Waals surface area (Å²) < 4.78 is 5.28. The van der Waals surface area contributed by atoms with E-state index >= 15 is 0 Å². The van der Waals surface area contributed by atoms with Crippen LogP contribution in [0.3, 0.4) is 0 Å². The molecule has 3 heteroatoms. The van der Waals surface area contributed by atoms with Gasteiger partial charge < -0.3 is 4.74 Å². The highest BCUT2D eigenvalue weighted by Crippen LogP contribution is 2.02. The second-order valence-corrected chi connectivity index (χ2v) is 2.55. The van der Waals surface area contributed by atoms with Crippen LogP contribution in [0.25, 0.3) is 0 Å². The molecular formula is C10H12N2O. The summed E-state index contributed by atoms with van der Waals surface area (Å²) in [7, 11) is 1.66. The summed E-state index contributed by atoms with van der Waals surface area (Å²) in [5, 5.41) is 0. The molecule has 13 heavy (non-hydrogen) atoms. The zero-order valence-corrected chi connectivity index (χ0v) is 7.82. The highest BCUT2D eigenvalue weighted by atomic mass is 16.5. The molecule has 0 radical (unpaired) electrons. The van der Waals surface area contributed by atoms with Gasteiger partial charge in [-0.1, -0.05) is 12.6 Å². The molecule has 1 heterocycles. The molecule has 0 bridgehead atoms. The van der Waals surface area contributed by atoms with Crippen LogP contribution >= 0.6 is 0 Å². The van der Waals surface area contributed by atoms with Crippen LogP contribution in [0.4, 0.5) is 0 Å². The van der Waals surface area contributed by atoms with Crippen LogP contribution < -0.4 is 0 Å². The van der Waals surface area contributed by atoms with Crippen LogP contribution in [0.1, 0.15) is 12.6 Å². The minimum absolute atomic E-state index is 0.494. The van der Waals surface area contributed by atoms with Crippen LogP contribution in [0.5, 0.6) is 0 Å². The van der Waals surface area contributed by atoms with Crippen molar-refractivity contribution in [1.29, 1.82) is 0 Å². The van der Waals surface area contributed by atoms with Gasteiger partial charge >= 0.3 is 0 Å². The number of allylic oxidation sites excluding steroid dienone is 1. The van der Waals surface area contributed by atoms with E-state index in [0.717, 1.165) is 0 Å². The van der Waals surface area contributed by atoms with Gasteiger partial charge in [-0.3, -0.25) is 9.98 Å². The lowest BCUT2D eigenvalue weighted by Gasteiger charge is -2.05. The molecule has 0 aliphatic rings. The van der Waals surface area contributed by atoms with E-state index in [2.05, 4.69) is 16.6 Å². The molecule has 0 saturated carbocycles. The molecule has 0 fully saturated rings. The minimum atomic E-state index is 0.494. The van der Waals surface area contributed by atoms with Crippen molar-refractivity contribution in [1.82, 2.24) is 4.98 Å². The lowest BCUT2D eigenvalue weighted by Crippen LogP contribution is -2.06. The fourth-order valence-corrected chi connectivity index (χ4v) is 0.867. The van der Waals surface area contributed by atoms with Gasteiger partial charge in [-0.25, -0.2) is 0 Å². The Morgan fingerprint density at radius 2 is 2.31 bits per heavy atom. The molecular weight excluding hydrogens is 164 g/mol. The van der Waals surface area contributed by atoms with Gasteiger partial charge in [0.15, 0.2) is 0 Å². The van der Waals surface area contributed by atoms with E-state index in [-0.39, 0.29) is 0 Å². The van der Waals surface area contributed by atoms with E-state index in [4.69, 9.17) is 4.74 Å². The van der Waals surface area contributed by atoms with Crippen molar-refractivity contribution in [3.63, 3.8) is 0 Å². The monoisotopic (exact) mass is 176 g/mol. The molecule has 1 aromatic rings. The Morgan fingerprint density at radius 3 is 2.77 bits per heavy atom. The first-order valence-electron chi connectivity index (χ1n) is 3.95. The molecule has 68 valence electrons. The number of aromatic nitrogens is 1. The average Bonchev–Trinajstić information content (AvgIpc) is 2.15. The number of ether oxygens (including phenoxy) is 1. The van der Waals surface area contributed by atoms with E-state index in [0.29, 0.717) is 17.4 Å². The van der Waals surface area contributed by atoms with Crippen LogP contribution in [0.2, 0.25) is 0 Å². The van der Waals surface area contributed by atoms with Crippen molar-refractivity contribution in [2.75, 3.05) is 7.05 Å². The highest BCUT2D eigenvalue weighted by molar-refractivity contribution is 5.92. The third-order valence-electron chi connectivity index (χ3n) is 1.36. The van der Waals surface area contributed by atoms with Crippen LogP contribution in [0.15, 0.2) is 41.7 Å². The third kappa shape index (κ3) is 2.71. The fraction of sp³-hybridized carbons (Fsp3) is 0.200. The average molecular weight is 176 g/mol. The first-order valence-corrected chi connectivity index (χ1v) is 3.95. The molecule has 0 spiro atoms. The van der Waals surface area contributed by atoms with Gasteiger partial charge in [0.05, 0.1) is 5.76 Å². The highest BCUT2D eigenvalue weighted by Gasteiger charge is 2.03. The van der Waals surface area contributed by atoms with E-state index < -0.39 is 0 Å². The van der Waals surface area contributed by atoms with Crippen LogP contribution in [-0.2, 0) is 4.74 Å². The van der Waals surface area contributed by atoms with Crippen molar-refractivity contribution in [3.8, 4) is 0 Å². The summed E-state index contributed by atoms with van der Waals surface area (Å²) in [6, 6.07) is 5.57. The summed E-state index contributed by atoms with van der Waals surface area (Å²) in [4.78, 5) is 8.08. The molecule has 0 aromatic carbocycles. The number of hydrogen-bond donors (Lipinski definition) is 0. The molecule has 0 N–H and O–H groups in total. The number of rotatable bonds is 2. The Morgan fingerprint density at radius 1 is 1.54 bits per heavy atom. The maximum absolute atomic E-state index is 5.28. The first-order chi connectivity index (χ1) is 6.24. The quantitative estimate of drug-likeness (QED) is 0.392. The number of hydrogen-bond acceptors (Lipinski definition) is 3. The van der Waals surface area contributed by atoms with Gasteiger partial charge in [0.1, 0.15) is 5.69 Å². The predicted molar refractivity (Wildman–Crippen MR) is 52.6 cm³/mol. The smallest absolute Gasteiger partial charge is 0.240 e. The van der Waals surface area contributed by atoms with Gasteiger partial charge in [0, 0.05) is 13.2 Å². The van der Waals surface area contributed by atoms with Crippen LogP contribution in [-0.4, -0.2) is 17.9 Å². The van der Waals surface area contributed by atoms with Crippen LogP contribution in [0, 0.1) is 0 Å². The molecule has 3 nitrogen and oxygen atoms in total. The normalized spacial score (nSPS) is 11.1. The topological polar surface area (TPSA) is 34.5 Å². The minimum Gasteiger partial charge on any atom is -0.443 e. The fourth-order valence-electron chi connectivity index (χ4n) is 0.867. The molecule has 0 saturated heterocycles. The number of nitrogens with zero attached hydrogens (tertiary/aromatic N) is 2. The summed E-state index contributed by atoms with van der Waals surface area (Å²) in [5.41, 5.74) is 0.716. The van der Waals surface area contributed by atoms with Crippen molar-refractivity contribution in [3.05, 3.63) is 42.4 Å². The molecule has 0 aliphatic heterocycles. The van der Waals surface area contributed by atoms with Gasteiger partial charge in [-0.05, 0) is 19.1 Å². The molecule has 0 unspecified atom stereocenters. The zero-order valence-electron chi connectivity index (χ0n) is 7.82. The van der Waals surface area contributed by atoms with E-state index in [1.807, 2.05) is 18.2 Å². The lowest BCUT2D eigenvalue weighted by molar-refractivity contribution is 0.419. The number of aliphatic imine (C=N–C) groups is 1. The maximum atomic E-state index is 5.28. The Hall–Kier alpha value is -1.64. The predicted octanol–water partition coefficient (Wildman–Crippen LogP) is 2.01. The van der Waals surface area contributed by atoms with Gasteiger partial charge in [-0.2, -0.15) is 0 Å². The Balaban J connectivity index is 2.86. The Kier molecular flexibility index (Phi) is 3.20. The Bertz CT molecular complexity index is 317. The molecule has 0 amide bonds. The summed E-state index contributed by atoms with van der Waals surface area (Å²) >= 11 is 0. The third-order valence-corrected chi connectivity index (χ3v) is 1.36. The number of pyridine rings is 1. The summed E-state index contributed by atoms with van der Waals surface area (Å²) in [5.74, 6) is 1.10. The molecule has 1 aromatic heterocycles. The lowest BCUT2D eigenvalue weighted by atomic mass is 10.3. The van der Waals surface area contributed by atoms with E-state index in [9.17, 15) is 0 Å². The Labute approximate surface area is 77.8 Å². The second-order valence-electron chi connectivity index (χ2n) is 2.55.